The van der Waals surface area contributed by atoms with Crippen LogP contribution in [0.2, 0.25) is 0 Å². The molecule has 1 unspecified atom stereocenters. The molecule has 2 N–H and O–H groups in total. The Morgan fingerprint density at radius 3 is 2.31 bits per heavy atom. The van der Waals surface area contributed by atoms with Gasteiger partial charge in [-0.2, -0.15) is 0 Å². The average Bonchev–Trinajstić information content (AvgIpc) is 3.90. The van der Waals surface area contributed by atoms with Crippen LogP contribution in [0.1, 0.15) is 15.5 Å². The van der Waals surface area contributed by atoms with Crippen molar-refractivity contribution in [1.82, 2.24) is 29.5 Å². The van der Waals surface area contributed by atoms with E-state index in [0.717, 1.165) is 38.0 Å². The van der Waals surface area contributed by atoms with E-state index in [1.54, 1.807) is 15.8 Å². The van der Waals surface area contributed by atoms with E-state index in [-0.39, 0.29) is 17.6 Å². The maximum Gasteiger partial charge on any atom is 0.276 e. The molecular weight excluding hydrogens is 736 g/mol. The first kappa shape index (κ1) is 34.7. The smallest absolute Gasteiger partial charge is 0.276 e. The number of H-pyrrole nitrogens is 1. The SMILES string of the molecule is O=C1c2sccc2NC(CBr)N1c1ccccc1.O=c1c2sccc2nc(CSc2ncnc3nc[nH]c23)n1-c1ccccc1.[B]B([B])[B]. The van der Waals surface area contributed by atoms with Gasteiger partial charge in [0.05, 0.1) is 29.0 Å². The number of rotatable bonds is 6. The number of carbonyl (C=O) groups excluding carboxylic acids is 1. The molecule has 0 bridgehead atoms. The number of nitrogens with zero attached hydrogens (tertiary/aromatic N) is 6. The molecule has 1 amide bonds. The number of nitrogens with one attached hydrogen (secondary N) is 2. The summed E-state index contributed by atoms with van der Waals surface area (Å²) in [6.45, 7) is 0. The zero-order valence-electron chi connectivity index (χ0n) is 25.6. The minimum absolute atomic E-state index is 0.0498. The molecule has 0 fully saturated rings. The Labute approximate surface area is 306 Å². The molecule has 8 rings (SSSR count). The summed E-state index contributed by atoms with van der Waals surface area (Å²) in [4.78, 5) is 48.6. The second-order valence-corrected chi connectivity index (χ2v) is 13.7. The van der Waals surface area contributed by atoms with Gasteiger partial charge in [-0.1, -0.05) is 64.1 Å². The molecule has 49 heavy (non-hydrogen) atoms. The largest absolute Gasteiger partial charge is 0.363 e. The van der Waals surface area contributed by atoms with Crippen molar-refractivity contribution < 1.29 is 4.79 Å². The zero-order valence-corrected chi connectivity index (χ0v) is 29.7. The second kappa shape index (κ2) is 16.1. The number of aromatic amines is 1. The van der Waals surface area contributed by atoms with Crippen LogP contribution in [0, 0.1) is 0 Å². The van der Waals surface area contributed by atoms with E-state index < -0.39 is 6.39 Å². The fourth-order valence-corrected chi connectivity index (χ4v) is 7.84. The van der Waals surface area contributed by atoms with Crippen molar-refractivity contribution in [2.45, 2.75) is 16.9 Å². The number of anilines is 2. The number of hydrogen-bond donors (Lipinski definition) is 2. The van der Waals surface area contributed by atoms with Crippen LogP contribution in [-0.4, -0.2) is 76.5 Å². The summed E-state index contributed by atoms with van der Waals surface area (Å²) in [6.07, 6.45) is 2.37. The molecule has 0 saturated carbocycles. The molecule has 0 saturated heterocycles. The Hall–Kier alpha value is -4.11. The highest BCUT2D eigenvalue weighted by Crippen LogP contribution is 2.33. The lowest BCUT2D eigenvalue weighted by molar-refractivity contribution is 0.0981. The Morgan fingerprint density at radius 1 is 0.898 bits per heavy atom. The number of aromatic nitrogens is 6. The monoisotopic (exact) mass is 758 g/mol. The standard InChI is InChI=1S/C18H12N6OS2.C13H11BrN2OS.B4/c25-18-15-12(6-7-26-15)23-13(24(18)11-4-2-1-3-5-11)8-27-17-14-16(20-9-19-14)21-10-22-17;14-8-11-15-10-6-7-18-12(10)13(17)16(11)9-4-2-1-3-5-9;1-4(2)3/h1-7,9-10H,8H2,(H,19,20,21,22);1-7,11,15H,8H2;. The summed E-state index contributed by atoms with van der Waals surface area (Å²) in [5.41, 5.74) is 4.73. The maximum atomic E-state index is 13.1. The number of carbonyl (C=O) groups is 1. The zero-order chi connectivity index (χ0) is 34.3. The summed E-state index contributed by atoms with van der Waals surface area (Å²) < 4.78 is 2.34. The van der Waals surface area contributed by atoms with Gasteiger partial charge in [-0.25, -0.2) is 19.9 Å². The van der Waals surface area contributed by atoms with E-state index in [1.165, 1.54) is 40.8 Å². The third-order valence-corrected chi connectivity index (χ3v) is 10.4. The predicted molar refractivity (Wildman–Crippen MR) is 208 cm³/mol. The van der Waals surface area contributed by atoms with Crippen LogP contribution in [0.4, 0.5) is 11.4 Å². The molecule has 18 heteroatoms. The summed E-state index contributed by atoms with van der Waals surface area (Å²) in [7, 11) is 14.0. The van der Waals surface area contributed by atoms with Crippen molar-refractivity contribution in [2.75, 3.05) is 15.5 Å². The van der Waals surface area contributed by atoms with Gasteiger partial charge in [0.15, 0.2) is 5.65 Å². The number of fused-ring (bicyclic) bond motifs is 3. The Bertz CT molecular complexity index is 2230. The van der Waals surface area contributed by atoms with E-state index in [1.807, 2.05) is 83.6 Å². The quantitative estimate of drug-likeness (QED) is 0.0999. The van der Waals surface area contributed by atoms with Crippen molar-refractivity contribution in [3.05, 3.63) is 117 Å². The van der Waals surface area contributed by atoms with Gasteiger partial charge < -0.3 is 10.3 Å². The van der Waals surface area contributed by atoms with E-state index in [4.69, 9.17) is 4.98 Å². The van der Waals surface area contributed by atoms with Crippen molar-refractivity contribution in [3.63, 3.8) is 0 Å². The Morgan fingerprint density at radius 2 is 1.59 bits per heavy atom. The second-order valence-electron chi connectivity index (χ2n) is 10.3. The first-order valence-corrected chi connectivity index (χ1v) is 18.6. The number of thiophene rings is 2. The molecule has 6 heterocycles. The number of benzene rings is 2. The van der Waals surface area contributed by atoms with Crippen LogP contribution in [-0.2, 0) is 5.75 Å². The molecule has 2 aromatic carbocycles. The lowest BCUT2D eigenvalue weighted by Gasteiger charge is -2.35. The molecule has 1 atom stereocenters. The number of hydrogen-bond acceptors (Lipinski definition) is 10. The van der Waals surface area contributed by atoms with E-state index in [0.29, 0.717) is 27.3 Å². The third-order valence-electron chi connectivity index (χ3n) is 6.98. The fourth-order valence-electron chi connectivity index (χ4n) is 4.96. The van der Waals surface area contributed by atoms with Gasteiger partial charge in [0.25, 0.3) is 11.5 Å². The number of amides is 1. The Kier molecular flexibility index (Phi) is 11.4. The highest BCUT2D eigenvalue weighted by molar-refractivity contribution is 9.09. The molecule has 0 spiro atoms. The molecule has 5 aromatic heterocycles. The van der Waals surface area contributed by atoms with Crippen molar-refractivity contribution in [1.29, 1.82) is 0 Å². The molecular formula is C31H23B4BrN8O2S3. The minimum Gasteiger partial charge on any atom is -0.363 e. The summed E-state index contributed by atoms with van der Waals surface area (Å²) >= 11 is 7.85. The van der Waals surface area contributed by atoms with Gasteiger partial charge in [0, 0.05) is 40.6 Å². The topological polar surface area (TPSA) is 122 Å². The van der Waals surface area contributed by atoms with Crippen LogP contribution in [0.25, 0.3) is 27.1 Å². The third kappa shape index (κ3) is 7.88. The molecule has 236 valence electrons. The summed E-state index contributed by atoms with van der Waals surface area (Å²) in [6, 6.07) is 23.1. The van der Waals surface area contributed by atoms with Crippen molar-refractivity contribution in [3.8, 4) is 5.69 Å². The van der Waals surface area contributed by atoms with Gasteiger partial charge in [-0.3, -0.25) is 19.1 Å². The van der Waals surface area contributed by atoms with Crippen LogP contribution >= 0.6 is 50.4 Å². The van der Waals surface area contributed by atoms with Gasteiger partial charge in [0.1, 0.15) is 38.4 Å². The molecule has 1 aliphatic rings. The number of thioether (sulfide) groups is 1. The molecule has 1 aliphatic heterocycles. The van der Waals surface area contributed by atoms with Crippen molar-refractivity contribution in [2.24, 2.45) is 0 Å². The molecule has 10 nitrogen and oxygen atoms in total. The number of alkyl halides is 1. The summed E-state index contributed by atoms with van der Waals surface area (Å²) in [5.74, 6) is 1.23. The van der Waals surface area contributed by atoms with Crippen molar-refractivity contribution >= 4 is 119 Å². The number of para-hydroxylation sites is 2. The van der Waals surface area contributed by atoms with Crippen LogP contribution in [0.5, 0.6) is 0 Å². The van der Waals surface area contributed by atoms with Gasteiger partial charge in [-0.05, 0) is 47.2 Å². The number of imidazole rings is 1. The highest BCUT2D eigenvalue weighted by Gasteiger charge is 2.33. The molecule has 0 aliphatic carbocycles. The Balaban J connectivity index is 0.000000164. The van der Waals surface area contributed by atoms with E-state index in [9.17, 15) is 9.59 Å². The van der Waals surface area contributed by atoms with Gasteiger partial charge in [-0.15, -0.1) is 22.7 Å². The lowest BCUT2D eigenvalue weighted by atomic mass is 9.08. The first-order chi connectivity index (χ1) is 23.9. The van der Waals surface area contributed by atoms with E-state index in [2.05, 4.69) is 64.4 Å². The maximum absolute atomic E-state index is 13.1. The van der Waals surface area contributed by atoms with E-state index >= 15 is 0 Å². The minimum atomic E-state index is -0.667. The normalized spacial score (nSPS) is 13.5. The number of halogens is 1. The average molecular weight is 759 g/mol. The van der Waals surface area contributed by atoms with Gasteiger partial charge >= 0.3 is 0 Å². The predicted octanol–water partition coefficient (Wildman–Crippen LogP) is 5.42. The van der Waals surface area contributed by atoms with Gasteiger partial charge in [0.2, 0.25) is 0 Å². The molecule has 6 radical (unpaired) electrons. The van der Waals surface area contributed by atoms with Crippen LogP contribution in [0.3, 0.4) is 0 Å². The van der Waals surface area contributed by atoms with Crippen LogP contribution in [0.15, 0.2) is 106 Å². The molecule has 7 aromatic rings. The first-order valence-electron chi connectivity index (χ1n) is 14.7. The van der Waals surface area contributed by atoms with Crippen LogP contribution < -0.4 is 15.8 Å². The highest BCUT2D eigenvalue weighted by atomic mass is 79.9. The lowest BCUT2D eigenvalue weighted by Crippen LogP contribution is -2.49. The summed E-state index contributed by atoms with van der Waals surface area (Å²) in [5, 5.41) is 8.67. The fraction of sp³-hybridized carbons (Fsp3) is 0.0968.